The molecule has 0 heterocycles. The Morgan fingerprint density at radius 2 is 1.86 bits per heavy atom. The van der Waals surface area contributed by atoms with Crippen LogP contribution in [0.1, 0.15) is 38.5 Å². The number of fused-ring (bicyclic) bond motifs is 1. The van der Waals surface area contributed by atoms with Crippen molar-refractivity contribution in [2.75, 3.05) is 0 Å². The van der Waals surface area contributed by atoms with Crippen LogP contribution in [0.25, 0.3) is 0 Å². The molecule has 1 aromatic rings. The van der Waals surface area contributed by atoms with E-state index in [4.69, 9.17) is 0 Å². The van der Waals surface area contributed by atoms with Crippen molar-refractivity contribution in [3.63, 3.8) is 0 Å². The molecule has 0 aliphatic heterocycles. The molecule has 1 aromatic carbocycles. The summed E-state index contributed by atoms with van der Waals surface area (Å²) < 4.78 is 25.9. The molecule has 2 aliphatic carbocycles. The van der Waals surface area contributed by atoms with Crippen molar-refractivity contribution >= 4 is 9.84 Å². The van der Waals surface area contributed by atoms with E-state index < -0.39 is 20.7 Å². The second-order valence-electron chi connectivity index (χ2n) is 6.32. The van der Waals surface area contributed by atoms with Gasteiger partial charge in [0.1, 0.15) is 0 Å². The first-order valence-electron chi connectivity index (χ1n) is 7.66. The predicted molar refractivity (Wildman–Crippen MR) is 82.7 cm³/mol. The van der Waals surface area contributed by atoms with Gasteiger partial charge in [-0.1, -0.05) is 37.6 Å². The lowest BCUT2D eigenvalue weighted by Gasteiger charge is -2.48. The predicted octanol–water partition coefficient (Wildman–Crippen LogP) is 3.10. The third-order valence-electron chi connectivity index (χ3n) is 5.20. The fourth-order valence-electron chi connectivity index (χ4n) is 4.01. The summed E-state index contributed by atoms with van der Waals surface area (Å²) in [5.41, 5.74) is -0.157. The summed E-state index contributed by atoms with van der Waals surface area (Å²) in [6, 6.07) is 8.63. The Balaban J connectivity index is 2.00. The van der Waals surface area contributed by atoms with Crippen molar-refractivity contribution < 1.29 is 13.5 Å². The summed E-state index contributed by atoms with van der Waals surface area (Å²) in [6.45, 7) is 4.01. The van der Waals surface area contributed by atoms with Crippen molar-refractivity contribution in [1.82, 2.24) is 0 Å². The summed E-state index contributed by atoms with van der Waals surface area (Å²) in [4.78, 5) is 0.371. The first kappa shape index (κ1) is 14.8. The van der Waals surface area contributed by atoms with E-state index in [9.17, 15) is 13.5 Å². The molecular weight excluding hydrogens is 284 g/mol. The molecule has 114 valence electrons. The molecule has 0 unspecified atom stereocenters. The summed E-state index contributed by atoms with van der Waals surface area (Å²) in [6.07, 6.45) is 4.53. The van der Waals surface area contributed by atoms with Crippen LogP contribution in [0.5, 0.6) is 0 Å². The lowest BCUT2D eigenvalue weighted by atomic mass is 9.65. The lowest BCUT2D eigenvalue weighted by molar-refractivity contribution is -0.0311. The molecule has 0 bridgehead atoms. The molecule has 3 rings (SSSR count). The minimum Gasteiger partial charge on any atom is -0.385 e. The number of hydrogen-bond acceptors (Lipinski definition) is 3. The van der Waals surface area contributed by atoms with Gasteiger partial charge in [-0.3, -0.25) is 0 Å². The normalized spacial score (nSPS) is 33.5. The maximum atomic E-state index is 13.0. The van der Waals surface area contributed by atoms with Gasteiger partial charge in [0.25, 0.3) is 0 Å². The van der Waals surface area contributed by atoms with E-state index in [1.165, 1.54) is 0 Å². The third kappa shape index (κ3) is 2.34. The average molecular weight is 306 g/mol. The van der Waals surface area contributed by atoms with E-state index in [2.05, 4.69) is 6.58 Å². The molecule has 3 nitrogen and oxygen atoms in total. The van der Waals surface area contributed by atoms with E-state index in [0.717, 1.165) is 24.8 Å². The van der Waals surface area contributed by atoms with Gasteiger partial charge >= 0.3 is 0 Å². The number of aliphatic hydroxyl groups is 1. The van der Waals surface area contributed by atoms with E-state index in [1.807, 2.05) is 6.07 Å². The first-order chi connectivity index (χ1) is 9.96. The Morgan fingerprint density at radius 3 is 2.57 bits per heavy atom. The fourth-order valence-corrected chi connectivity index (χ4v) is 6.11. The van der Waals surface area contributed by atoms with Crippen LogP contribution in [-0.4, -0.2) is 24.4 Å². The highest BCUT2D eigenvalue weighted by Crippen LogP contribution is 2.49. The van der Waals surface area contributed by atoms with Gasteiger partial charge in [-0.05, 0) is 43.4 Å². The van der Waals surface area contributed by atoms with Crippen molar-refractivity contribution in [2.45, 2.75) is 54.3 Å². The molecule has 0 amide bonds. The van der Waals surface area contributed by atoms with E-state index in [-0.39, 0.29) is 5.92 Å². The van der Waals surface area contributed by atoms with Crippen LogP contribution in [0.3, 0.4) is 0 Å². The minimum absolute atomic E-state index is 0.210. The molecule has 0 aromatic heterocycles. The second-order valence-corrected chi connectivity index (χ2v) is 8.48. The van der Waals surface area contributed by atoms with Crippen molar-refractivity contribution in [2.24, 2.45) is 5.92 Å². The number of benzene rings is 1. The average Bonchev–Trinajstić information content (AvgIpc) is 2.49. The van der Waals surface area contributed by atoms with Gasteiger partial charge in [-0.25, -0.2) is 8.42 Å². The number of rotatable bonds is 2. The highest BCUT2D eigenvalue weighted by molar-refractivity contribution is 7.92. The van der Waals surface area contributed by atoms with Gasteiger partial charge in [-0.2, -0.15) is 0 Å². The Labute approximate surface area is 126 Å². The molecule has 2 aliphatic rings. The Bertz CT molecular complexity index is 635. The topological polar surface area (TPSA) is 54.4 Å². The standard InChI is InChI=1S/C17H22O3S/c1-13-10-11-16(15-9-5-6-12-17(13,15)18)21(19,20)14-7-3-2-4-8-14/h2-4,7-8,15-16,18H,1,5-6,9-12H2/t15-,16+,17-/m0/s1. The van der Waals surface area contributed by atoms with Crippen LogP contribution in [0.15, 0.2) is 47.4 Å². The molecule has 21 heavy (non-hydrogen) atoms. The third-order valence-corrected chi connectivity index (χ3v) is 7.49. The highest BCUT2D eigenvalue weighted by Gasteiger charge is 2.51. The van der Waals surface area contributed by atoms with Crippen LogP contribution >= 0.6 is 0 Å². The van der Waals surface area contributed by atoms with Crippen LogP contribution in [-0.2, 0) is 9.84 Å². The van der Waals surface area contributed by atoms with Crippen LogP contribution in [0.2, 0.25) is 0 Å². The maximum Gasteiger partial charge on any atom is 0.181 e. The minimum atomic E-state index is -3.40. The maximum absolute atomic E-state index is 13.0. The van der Waals surface area contributed by atoms with Crippen molar-refractivity contribution in [1.29, 1.82) is 0 Å². The van der Waals surface area contributed by atoms with E-state index in [0.29, 0.717) is 24.2 Å². The van der Waals surface area contributed by atoms with Gasteiger partial charge in [-0.15, -0.1) is 0 Å². The van der Waals surface area contributed by atoms with Gasteiger partial charge < -0.3 is 5.11 Å². The zero-order valence-electron chi connectivity index (χ0n) is 12.2. The van der Waals surface area contributed by atoms with Crippen molar-refractivity contribution in [3.05, 3.63) is 42.5 Å². The molecule has 2 fully saturated rings. The molecule has 4 heteroatoms. The molecule has 2 saturated carbocycles. The second kappa shape index (κ2) is 5.25. The molecule has 0 saturated heterocycles. The smallest absolute Gasteiger partial charge is 0.181 e. The molecular formula is C17H22O3S. The van der Waals surface area contributed by atoms with Crippen LogP contribution < -0.4 is 0 Å². The Kier molecular flexibility index (Phi) is 3.70. The largest absolute Gasteiger partial charge is 0.385 e. The van der Waals surface area contributed by atoms with Crippen molar-refractivity contribution in [3.8, 4) is 0 Å². The number of sulfone groups is 1. The van der Waals surface area contributed by atoms with E-state index >= 15 is 0 Å². The fraction of sp³-hybridized carbons (Fsp3) is 0.529. The SMILES string of the molecule is C=C1CC[C@@H](S(=O)(=O)c2ccccc2)[C@@H]2CCCC[C@]12O. The number of hydrogen-bond donors (Lipinski definition) is 1. The van der Waals surface area contributed by atoms with Crippen LogP contribution in [0.4, 0.5) is 0 Å². The van der Waals surface area contributed by atoms with Gasteiger partial charge in [0.15, 0.2) is 9.84 Å². The van der Waals surface area contributed by atoms with Gasteiger partial charge in [0, 0.05) is 5.92 Å². The molecule has 1 N–H and O–H groups in total. The first-order valence-corrected chi connectivity index (χ1v) is 9.20. The summed E-state index contributed by atoms with van der Waals surface area (Å²) >= 11 is 0. The summed E-state index contributed by atoms with van der Waals surface area (Å²) in [7, 11) is -3.40. The lowest BCUT2D eigenvalue weighted by Crippen LogP contribution is -2.53. The quantitative estimate of drug-likeness (QED) is 0.854. The Morgan fingerprint density at radius 1 is 1.14 bits per heavy atom. The van der Waals surface area contributed by atoms with Crippen LogP contribution in [0, 0.1) is 5.92 Å². The van der Waals surface area contributed by atoms with Gasteiger partial charge in [0.05, 0.1) is 15.7 Å². The highest BCUT2D eigenvalue weighted by atomic mass is 32.2. The molecule has 0 spiro atoms. The Hall–Kier alpha value is -1.13. The summed E-state index contributed by atoms with van der Waals surface area (Å²) in [5, 5.41) is 10.5. The molecule has 3 atom stereocenters. The monoisotopic (exact) mass is 306 g/mol. The molecule has 0 radical (unpaired) electrons. The zero-order chi connectivity index (χ0) is 15.1. The zero-order valence-corrected chi connectivity index (χ0v) is 13.0. The van der Waals surface area contributed by atoms with Gasteiger partial charge in [0.2, 0.25) is 0 Å². The summed E-state index contributed by atoms with van der Waals surface area (Å²) in [5.74, 6) is -0.210. The van der Waals surface area contributed by atoms with E-state index in [1.54, 1.807) is 24.3 Å².